The molecule has 0 radical (unpaired) electrons. The highest BCUT2D eigenvalue weighted by Gasteiger charge is 2.23. The molecule has 28 heavy (non-hydrogen) atoms. The number of nitrogens with one attached hydrogen (secondary N) is 1. The second-order valence-electron chi connectivity index (χ2n) is 7.00. The molecule has 1 aliphatic heterocycles. The van der Waals surface area contributed by atoms with Crippen molar-refractivity contribution in [3.8, 4) is 0 Å². The molecule has 0 saturated carbocycles. The van der Waals surface area contributed by atoms with E-state index in [0.717, 1.165) is 12.1 Å². The maximum absolute atomic E-state index is 12.5. The number of aromatic amines is 1. The van der Waals surface area contributed by atoms with Gasteiger partial charge in [-0.2, -0.15) is 0 Å². The van der Waals surface area contributed by atoms with Crippen LogP contribution in [0.3, 0.4) is 0 Å². The van der Waals surface area contributed by atoms with E-state index in [1.807, 2.05) is 47.4 Å². The Kier molecular flexibility index (Phi) is 5.41. The number of rotatable bonds is 5. The van der Waals surface area contributed by atoms with Gasteiger partial charge in [-0.25, -0.2) is 4.98 Å². The molecular formula is C21H21ClN4O2. The number of H-pyrrole nitrogens is 1. The summed E-state index contributed by atoms with van der Waals surface area (Å²) >= 11 is 5.91. The highest BCUT2D eigenvalue weighted by atomic mass is 35.5. The lowest BCUT2D eigenvalue weighted by atomic mass is 10.2. The molecule has 1 saturated heterocycles. The van der Waals surface area contributed by atoms with E-state index in [9.17, 15) is 9.59 Å². The molecule has 6 nitrogen and oxygen atoms in total. The SMILES string of the molecule is O=C1CN(CCc2nc3ccccc3c(=O)[nH]2)CCN1Cc1ccc(Cl)cc1. The van der Waals surface area contributed by atoms with Crippen LogP contribution >= 0.6 is 11.6 Å². The third kappa shape index (κ3) is 4.24. The van der Waals surface area contributed by atoms with Gasteiger partial charge >= 0.3 is 0 Å². The van der Waals surface area contributed by atoms with E-state index in [4.69, 9.17) is 11.6 Å². The summed E-state index contributed by atoms with van der Waals surface area (Å²) in [6.45, 7) is 3.15. The highest BCUT2D eigenvalue weighted by molar-refractivity contribution is 6.30. The zero-order valence-electron chi connectivity index (χ0n) is 15.4. The molecule has 0 aliphatic carbocycles. The van der Waals surface area contributed by atoms with Crippen molar-refractivity contribution in [3.05, 3.63) is 75.3 Å². The fraction of sp³-hybridized carbons (Fsp3) is 0.286. The first-order valence-electron chi connectivity index (χ1n) is 9.31. The number of halogens is 1. The summed E-state index contributed by atoms with van der Waals surface area (Å²) in [6.07, 6.45) is 0.602. The number of hydrogen-bond donors (Lipinski definition) is 1. The minimum atomic E-state index is -0.121. The summed E-state index contributed by atoms with van der Waals surface area (Å²) in [7, 11) is 0. The number of amides is 1. The van der Waals surface area contributed by atoms with Crippen molar-refractivity contribution in [3.63, 3.8) is 0 Å². The van der Waals surface area contributed by atoms with Crippen molar-refractivity contribution < 1.29 is 4.79 Å². The average molecular weight is 397 g/mol. The van der Waals surface area contributed by atoms with Gasteiger partial charge in [0.25, 0.3) is 5.56 Å². The average Bonchev–Trinajstić information content (AvgIpc) is 2.70. The van der Waals surface area contributed by atoms with Crippen molar-refractivity contribution in [2.45, 2.75) is 13.0 Å². The van der Waals surface area contributed by atoms with Gasteiger partial charge in [0.15, 0.2) is 0 Å². The van der Waals surface area contributed by atoms with Crippen LogP contribution in [0.2, 0.25) is 5.02 Å². The van der Waals surface area contributed by atoms with E-state index >= 15 is 0 Å². The van der Waals surface area contributed by atoms with Crippen molar-refractivity contribution in [2.75, 3.05) is 26.2 Å². The molecule has 3 aromatic rings. The normalized spacial score (nSPS) is 15.3. The predicted molar refractivity (Wildman–Crippen MR) is 109 cm³/mol. The molecule has 2 heterocycles. The van der Waals surface area contributed by atoms with Crippen molar-refractivity contribution in [2.24, 2.45) is 0 Å². The van der Waals surface area contributed by atoms with E-state index in [-0.39, 0.29) is 11.5 Å². The Morgan fingerprint density at radius 1 is 1.04 bits per heavy atom. The van der Waals surface area contributed by atoms with E-state index in [2.05, 4.69) is 14.9 Å². The first kappa shape index (κ1) is 18.7. The standard InChI is InChI=1S/C21H21ClN4O2/c22-16-7-5-15(6-8-16)13-26-12-11-25(14-20(26)27)10-9-19-23-18-4-2-1-3-17(18)21(28)24-19/h1-8H,9-14H2,(H,23,24,28). The van der Waals surface area contributed by atoms with Crippen molar-refractivity contribution >= 4 is 28.4 Å². The Labute approximate surface area is 167 Å². The molecule has 4 rings (SSSR count). The summed E-state index contributed by atoms with van der Waals surface area (Å²) in [4.78, 5) is 36.0. The Balaban J connectivity index is 1.34. The zero-order valence-corrected chi connectivity index (χ0v) is 16.2. The number of aromatic nitrogens is 2. The predicted octanol–water partition coefficient (Wildman–Crippen LogP) is 2.46. The van der Waals surface area contributed by atoms with Crippen molar-refractivity contribution in [1.29, 1.82) is 0 Å². The minimum absolute atomic E-state index is 0.112. The van der Waals surface area contributed by atoms with Gasteiger partial charge in [0.2, 0.25) is 5.91 Å². The van der Waals surface area contributed by atoms with Crippen molar-refractivity contribution in [1.82, 2.24) is 19.8 Å². The molecule has 0 unspecified atom stereocenters. The fourth-order valence-electron chi connectivity index (χ4n) is 3.44. The summed E-state index contributed by atoms with van der Waals surface area (Å²) in [5.41, 5.74) is 1.65. The fourth-order valence-corrected chi connectivity index (χ4v) is 3.57. The Bertz CT molecular complexity index is 1050. The first-order chi connectivity index (χ1) is 13.6. The molecule has 0 atom stereocenters. The van der Waals surface area contributed by atoms with Crippen LogP contribution in [-0.4, -0.2) is 51.9 Å². The summed E-state index contributed by atoms with van der Waals surface area (Å²) < 4.78 is 0. The summed E-state index contributed by atoms with van der Waals surface area (Å²) in [5, 5.41) is 1.29. The molecule has 1 amide bonds. The first-order valence-corrected chi connectivity index (χ1v) is 9.69. The number of carbonyl (C=O) groups excluding carboxylic acids is 1. The van der Waals surface area contributed by atoms with Crippen LogP contribution in [0.25, 0.3) is 10.9 Å². The van der Waals surface area contributed by atoms with Crippen LogP contribution in [0.5, 0.6) is 0 Å². The van der Waals surface area contributed by atoms with E-state index in [1.165, 1.54) is 0 Å². The third-order valence-electron chi connectivity index (χ3n) is 5.01. The smallest absolute Gasteiger partial charge is 0.258 e. The molecule has 0 spiro atoms. The number of hydrogen-bond acceptors (Lipinski definition) is 4. The lowest BCUT2D eigenvalue weighted by Gasteiger charge is -2.34. The lowest BCUT2D eigenvalue weighted by molar-refractivity contribution is -0.136. The van der Waals surface area contributed by atoms with Gasteiger partial charge in [-0.05, 0) is 29.8 Å². The van der Waals surface area contributed by atoms with Crippen LogP contribution in [0.1, 0.15) is 11.4 Å². The van der Waals surface area contributed by atoms with Gasteiger partial charge in [-0.15, -0.1) is 0 Å². The van der Waals surface area contributed by atoms with Gasteiger partial charge in [0, 0.05) is 37.6 Å². The van der Waals surface area contributed by atoms with E-state index in [0.29, 0.717) is 54.3 Å². The monoisotopic (exact) mass is 396 g/mol. The minimum Gasteiger partial charge on any atom is -0.336 e. The number of carbonyl (C=O) groups is 1. The molecule has 1 N–H and O–H groups in total. The number of nitrogens with zero attached hydrogens (tertiary/aromatic N) is 3. The molecule has 144 valence electrons. The zero-order chi connectivity index (χ0) is 19.5. The van der Waals surface area contributed by atoms with Crippen LogP contribution in [0.15, 0.2) is 53.3 Å². The van der Waals surface area contributed by atoms with Gasteiger partial charge < -0.3 is 9.88 Å². The molecule has 7 heteroatoms. The van der Waals surface area contributed by atoms with Crippen LogP contribution in [0.4, 0.5) is 0 Å². The topological polar surface area (TPSA) is 69.3 Å². The molecule has 1 fully saturated rings. The third-order valence-corrected chi connectivity index (χ3v) is 5.26. The van der Waals surface area contributed by atoms with Gasteiger partial charge in [0.05, 0.1) is 17.4 Å². The number of benzene rings is 2. The Hall–Kier alpha value is -2.70. The molecule has 1 aromatic heterocycles. The molecule has 0 bridgehead atoms. The Morgan fingerprint density at radius 3 is 2.61 bits per heavy atom. The second kappa shape index (κ2) is 8.12. The summed E-state index contributed by atoms with van der Waals surface area (Å²) in [6, 6.07) is 14.9. The molecule has 1 aliphatic rings. The largest absolute Gasteiger partial charge is 0.336 e. The van der Waals surface area contributed by atoms with Crippen LogP contribution in [-0.2, 0) is 17.8 Å². The number of para-hydroxylation sites is 1. The second-order valence-corrected chi connectivity index (χ2v) is 7.43. The maximum Gasteiger partial charge on any atom is 0.258 e. The van der Waals surface area contributed by atoms with E-state index < -0.39 is 0 Å². The Morgan fingerprint density at radius 2 is 1.82 bits per heavy atom. The number of fused-ring (bicyclic) bond motifs is 1. The highest BCUT2D eigenvalue weighted by Crippen LogP contribution is 2.14. The quantitative estimate of drug-likeness (QED) is 0.719. The molecule has 2 aromatic carbocycles. The number of piperazine rings is 1. The van der Waals surface area contributed by atoms with Gasteiger partial charge in [-0.1, -0.05) is 35.9 Å². The van der Waals surface area contributed by atoms with Gasteiger partial charge in [0.1, 0.15) is 5.82 Å². The lowest BCUT2D eigenvalue weighted by Crippen LogP contribution is -2.50. The maximum atomic E-state index is 12.5. The van der Waals surface area contributed by atoms with Crippen LogP contribution in [0, 0.1) is 0 Å². The summed E-state index contributed by atoms with van der Waals surface area (Å²) in [5.74, 6) is 0.765. The van der Waals surface area contributed by atoms with E-state index in [1.54, 1.807) is 6.07 Å². The van der Waals surface area contributed by atoms with Crippen LogP contribution < -0.4 is 5.56 Å². The van der Waals surface area contributed by atoms with Gasteiger partial charge in [-0.3, -0.25) is 14.5 Å². The molecular weight excluding hydrogens is 376 g/mol.